The average molecular weight is 244 g/mol. The third kappa shape index (κ3) is 3.74. The van der Waals surface area contributed by atoms with Gasteiger partial charge in [-0.25, -0.2) is 4.98 Å². The SMILES string of the molecule is N#Cc1cccnc1NCCCC(=O)NC1CC1. The molecule has 1 heterocycles. The molecule has 18 heavy (non-hydrogen) atoms. The highest BCUT2D eigenvalue weighted by Gasteiger charge is 2.22. The molecule has 1 saturated carbocycles. The van der Waals surface area contributed by atoms with Gasteiger partial charge in [-0.1, -0.05) is 0 Å². The number of carbonyl (C=O) groups excluding carboxylic acids is 1. The van der Waals surface area contributed by atoms with Crippen LogP contribution in [-0.2, 0) is 4.79 Å². The predicted molar refractivity (Wildman–Crippen MR) is 67.8 cm³/mol. The van der Waals surface area contributed by atoms with E-state index in [-0.39, 0.29) is 5.91 Å². The van der Waals surface area contributed by atoms with Gasteiger partial charge in [0.25, 0.3) is 0 Å². The third-order valence-corrected chi connectivity index (χ3v) is 2.74. The number of nitrogens with one attached hydrogen (secondary N) is 2. The Morgan fingerprint density at radius 3 is 3.11 bits per heavy atom. The Balaban J connectivity index is 1.68. The van der Waals surface area contributed by atoms with Crippen molar-refractivity contribution >= 4 is 11.7 Å². The Labute approximate surface area is 106 Å². The van der Waals surface area contributed by atoms with Gasteiger partial charge in [-0.15, -0.1) is 0 Å². The third-order valence-electron chi connectivity index (χ3n) is 2.74. The van der Waals surface area contributed by atoms with E-state index in [0.717, 1.165) is 19.3 Å². The fourth-order valence-corrected chi connectivity index (χ4v) is 1.62. The number of aromatic nitrogens is 1. The highest BCUT2D eigenvalue weighted by molar-refractivity contribution is 5.76. The second-order valence-corrected chi connectivity index (χ2v) is 4.38. The maximum Gasteiger partial charge on any atom is 0.220 e. The van der Waals surface area contributed by atoms with Crippen LogP contribution in [0.1, 0.15) is 31.2 Å². The van der Waals surface area contributed by atoms with Crippen LogP contribution in [0.15, 0.2) is 18.3 Å². The van der Waals surface area contributed by atoms with Gasteiger partial charge < -0.3 is 10.6 Å². The lowest BCUT2D eigenvalue weighted by atomic mass is 10.2. The minimum Gasteiger partial charge on any atom is -0.369 e. The molecule has 0 atom stereocenters. The van der Waals surface area contributed by atoms with E-state index in [1.807, 2.05) is 0 Å². The molecule has 0 saturated heterocycles. The van der Waals surface area contributed by atoms with Crippen LogP contribution in [-0.4, -0.2) is 23.5 Å². The van der Waals surface area contributed by atoms with Gasteiger partial charge in [0.05, 0.1) is 5.56 Å². The van der Waals surface area contributed by atoms with Gasteiger partial charge in [0, 0.05) is 25.2 Å². The summed E-state index contributed by atoms with van der Waals surface area (Å²) in [5.41, 5.74) is 0.528. The molecule has 0 bridgehead atoms. The van der Waals surface area contributed by atoms with Gasteiger partial charge >= 0.3 is 0 Å². The number of carbonyl (C=O) groups is 1. The zero-order valence-electron chi connectivity index (χ0n) is 10.1. The molecular formula is C13H16N4O. The topological polar surface area (TPSA) is 77.8 Å². The quantitative estimate of drug-likeness (QED) is 0.742. The van der Waals surface area contributed by atoms with Crippen LogP contribution in [0.3, 0.4) is 0 Å². The number of anilines is 1. The largest absolute Gasteiger partial charge is 0.369 e. The zero-order chi connectivity index (χ0) is 12.8. The number of amides is 1. The van der Waals surface area contributed by atoms with Crippen molar-refractivity contribution in [1.29, 1.82) is 5.26 Å². The molecule has 0 radical (unpaired) electrons. The van der Waals surface area contributed by atoms with Crippen molar-refractivity contribution in [3.8, 4) is 6.07 Å². The highest BCUT2D eigenvalue weighted by Crippen LogP contribution is 2.18. The minimum atomic E-state index is 0.112. The maximum atomic E-state index is 11.4. The molecular weight excluding hydrogens is 228 g/mol. The molecule has 2 N–H and O–H groups in total. The summed E-state index contributed by atoms with van der Waals surface area (Å²) in [5.74, 6) is 0.698. The van der Waals surface area contributed by atoms with Gasteiger partial charge in [-0.3, -0.25) is 4.79 Å². The summed E-state index contributed by atoms with van der Waals surface area (Å²) < 4.78 is 0. The van der Waals surface area contributed by atoms with Gasteiger partial charge in [-0.05, 0) is 31.4 Å². The average Bonchev–Trinajstić information content (AvgIpc) is 3.19. The summed E-state index contributed by atoms with van der Waals surface area (Å²) in [6.07, 6.45) is 5.12. The van der Waals surface area contributed by atoms with E-state index in [4.69, 9.17) is 5.26 Å². The summed E-state index contributed by atoms with van der Waals surface area (Å²) in [7, 11) is 0. The van der Waals surface area contributed by atoms with Crippen LogP contribution in [0, 0.1) is 11.3 Å². The normalized spacial score (nSPS) is 13.7. The Bertz CT molecular complexity index is 462. The molecule has 1 aromatic heterocycles. The lowest BCUT2D eigenvalue weighted by Gasteiger charge is -2.06. The highest BCUT2D eigenvalue weighted by atomic mass is 16.1. The number of hydrogen-bond acceptors (Lipinski definition) is 4. The van der Waals surface area contributed by atoms with Crippen molar-refractivity contribution in [2.24, 2.45) is 0 Å². The number of hydrogen-bond donors (Lipinski definition) is 2. The lowest BCUT2D eigenvalue weighted by molar-refractivity contribution is -0.121. The Morgan fingerprint density at radius 2 is 2.39 bits per heavy atom. The van der Waals surface area contributed by atoms with Crippen LogP contribution in [0.5, 0.6) is 0 Å². The van der Waals surface area contributed by atoms with Crippen molar-refractivity contribution < 1.29 is 4.79 Å². The van der Waals surface area contributed by atoms with Crippen molar-refractivity contribution in [3.63, 3.8) is 0 Å². The van der Waals surface area contributed by atoms with E-state index in [2.05, 4.69) is 21.7 Å². The lowest BCUT2D eigenvalue weighted by Crippen LogP contribution is -2.25. The summed E-state index contributed by atoms with van der Waals surface area (Å²) in [6.45, 7) is 0.643. The fourth-order valence-electron chi connectivity index (χ4n) is 1.62. The van der Waals surface area contributed by atoms with Gasteiger partial charge in [-0.2, -0.15) is 5.26 Å². The maximum absolute atomic E-state index is 11.4. The van der Waals surface area contributed by atoms with E-state index < -0.39 is 0 Å². The molecule has 1 aliphatic rings. The van der Waals surface area contributed by atoms with E-state index >= 15 is 0 Å². The van der Waals surface area contributed by atoms with Crippen molar-refractivity contribution in [2.75, 3.05) is 11.9 Å². The molecule has 0 unspecified atom stereocenters. The second kappa shape index (κ2) is 6.01. The number of rotatable bonds is 6. The molecule has 5 heteroatoms. The first-order chi connectivity index (χ1) is 8.79. The van der Waals surface area contributed by atoms with Crippen LogP contribution in [0.25, 0.3) is 0 Å². The molecule has 2 rings (SSSR count). The summed E-state index contributed by atoms with van der Waals surface area (Å²) in [4.78, 5) is 15.5. The van der Waals surface area contributed by atoms with E-state index in [1.54, 1.807) is 18.3 Å². The van der Waals surface area contributed by atoms with E-state index in [9.17, 15) is 4.79 Å². The van der Waals surface area contributed by atoms with E-state index in [1.165, 1.54) is 0 Å². The minimum absolute atomic E-state index is 0.112. The number of nitrogens with zero attached hydrogens (tertiary/aromatic N) is 2. The second-order valence-electron chi connectivity index (χ2n) is 4.38. The van der Waals surface area contributed by atoms with Crippen LogP contribution < -0.4 is 10.6 Å². The molecule has 1 fully saturated rings. The smallest absolute Gasteiger partial charge is 0.220 e. The molecule has 94 valence electrons. The molecule has 1 aromatic rings. The van der Waals surface area contributed by atoms with Crippen molar-refractivity contribution in [3.05, 3.63) is 23.9 Å². The first kappa shape index (κ1) is 12.4. The number of nitriles is 1. The predicted octanol–water partition coefficient (Wildman–Crippen LogP) is 1.42. The fraction of sp³-hybridized carbons (Fsp3) is 0.462. The van der Waals surface area contributed by atoms with E-state index in [0.29, 0.717) is 30.4 Å². The van der Waals surface area contributed by atoms with Crippen molar-refractivity contribution in [2.45, 2.75) is 31.7 Å². The summed E-state index contributed by atoms with van der Waals surface area (Å²) in [5, 5.41) is 14.9. The van der Waals surface area contributed by atoms with Gasteiger partial charge in [0.15, 0.2) is 0 Å². The molecule has 5 nitrogen and oxygen atoms in total. The summed E-state index contributed by atoms with van der Waals surface area (Å²) in [6, 6.07) is 5.94. The molecule has 1 amide bonds. The molecule has 0 aromatic carbocycles. The Hall–Kier alpha value is -2.09. The molecule has 1 aliphatic carbocycles. The van der Waals surface area contributed by atoms with Crippen LogP contribution >= 0.6 is 0 Å². The van der Waals surface area contributed by atoms with Crippen LogP contribution in [0.2, 0.25) is 0 Å². The van der Waals surface area contributed by atoms with Crippen LogP contribution in [0.4, 0.5) is 5.82 Å². The summed E-state index contributed by atoms with van der Waals surface area (Å²) >= 11 is 0. The van der Waals surface area contributed by atoms with Gasteiger partial charge in [0.1, 0.15) is 11.9 Å². The zero-order valence-corrected chi connectivity index (χ0v) is 10.1. The molecule has 0 aliphatic heterocycles. The first-order valence-electron chi connectivity index (χ1n) is 6.18. The Morgan fingerprint density at radius 1 is 1.56 bits per heavy atom. The van der Waals surface area contributed by atoms with Crippen molar-refractivity contribution in [1.82, 2.24) is 10.3 Å². The first-order valence-corrected chi connectivity index (χ1v) is 6.18. The Kier molecular flexibility index (Phi) is 4.13. The standard InChI is InChI=1S/C13H16N4O/c14-9-10-3-1-7-15-13(10)16-8-2-4-12(18)17-11-5-6-11/h1,3,7,11H,2,4-6,8H2,(H,15,16)(H,17,18). The molecule has 0 spiro atoms. The monoisotopic (exact) mass is 244 g/mol. The number of pyridine rings is 1. The van der Waals surface area contributed by atoms with Gasteiger partial charge in [0.2, 0.25) is 5.91 Å².